The predicted octanol–water partition coefficient (Wildman–Crippen LogP) is 0.860. The molecule has 2 heterocycles. The third-order valence-corrected chi connectivity index (χ3v) is 4.23. The lowest BCUT2D eigenvalue weighted by Gasteiger charge is -2.32. The molecule has 2 aromatic rings. The molecular formula is C14H18BN3O3. The first-order valence-electron chi connectivity index (χ1n) is 6.88. The van der Waals surface area contributed by atoms with E-state index >= 15 is 0 Å². The molecule has 1 aliphatic heterocycles. The van der Waals surface area contributed by atoms with Gasteiger partial charge in [0.15, 0.2) is 0 Å². The Morgan fingerprint density at radius 1 is 1.19 bits per heavy atom. The minimum absolute atomic E-state index is 0.277. The van der Waals surface area contributed by atoms with Gasteiger partial charge >= 0.3 is 12.8 Å². The first-order valence-corrected chi connectivity index (χ1v) is 6.88. The molecule has 0 spiro atoms. The van der Waals surface area contributed by atoms with Gasteiger partial charge in [0, 0.05) is 0 Å². The summed E-state index contributed by atoms with van der Waals surface area (Å²) in [4.78, 5) is 11.6. The molecule has 0 saturated carbocycles. The van der Waals surface area contributed by atoms with E-state index in [0.29, 0.717) is 0 Å². The molecule has 1 fully saturated rings. The highest BCUT2D eigenvalue weighted by Crippen LogP contribution is 2.36. The Bertz CT molecular complexity index is 704. The molecule has 6 nitrogen and oxygen atoms in total. The number of benzene rings is 1. The van der Waals surface area contributed by atoms with E-state index in [4.69, 9.17) is 9.31 Å². The van der Waals surface area contributed by atoms with Gasteiger partial charge in [0.1, 0.15) is 6.33 Å². The van der Waals surface area contributed by atoms with Crippen LogP contribution < -0.4 is 11.2 Å². The van der Waals surface area contributed by atoms with Crippen molar-refractivity contribution in [1.29, 1.82) is 0 Å². The van der Waals surface area contributed by atoms with E-state index < -0.39 is 7.12 Å². The van der Waals surface area contributed by atoms with E-state index in [9.17, 15) is 4.79 Å². The highest BCUT2D eigenvalue weighted by atomic mass is 16.7. The highest BCUT2D eigenvalue weighted by Gasteiger charge is 2.51. The van der Waals surface area contributed by atoms with E-state index in [2.05, 4.69) is 10.2 Å². The molecule has 0 radical (unpaired) electrons. The van der Waals surface area contributed by atoms with Crippen molar-refractivity contribution in [3.8, 4) is 5.69 Å². The van der Waals surface area contributed by atoms with Gasteiger partial charge in [-0.15, -0.1) is 0 Å². The molecule has 1 aromatic carbocycles. The molecule has 1 N–H and O–H groups in total. The van der Waals surface area contributed by atoms with Crippen molar-refractivity contribution in [2.45, 2.75) is 38.9 Å². The minimum Gasteiger partial charge on any atom is -0.399 e. The summed E-state index contributed by atoms with van der Waals surface area (Å²) < 4.78 is 13.5. The van der Waals surface area contributed by atoms with E-state index in [0.717, 1.165) is 11.2 Å². The molecule has 21 heavy (non-hydrogen) atoms. The van der Waals surface area contributed by atoms with Crippen LogP contribution in [-0.4, -0.2) is 33.1 Å². The van der Waals surface area contributed by atoms with E-state index in [1.54, 1.807) is 0 Å². The average Bonchev–Trinajstić information content (AvgIpc) is 2.92. The van der Waals surface area contributed by atoms with Crippen molar-refractivity contribution in [1.82, 2.24) is 14.8 Å². The number of nitrogens with zero attached hydrogens (tertiary/aromatic N) is 2. The second kappa shape index (κ2) is 4.57. The molecule has 1 saturated heterocycles. The molecule has 0 atom stereocenters. The topological polar surface area (TPSA) is 69.1 Å². The highest BCUT2D eigenvalue weighted by molar-refractivity contribution is 6.62. The smallest absolute Gasteiger partial charge is 0.399 e. The van der Waals surface area contributed by atoms with Gasteiger partial charge in [0.25, 0.3) is 0 Å². The Morgan fingerprint density at radius 3 is 2.43 bits per heavy atom. The number of rotatable bonds is 2. The van der Waals surface area contributed by atoms with Gasteiger partial charge in [0.05, 0.1) is 16.9 Å². The Balaban J connectivity index is 1.95. The van der Waals surface area contributed by atoms with Gasteiger partial charge in [-0.05, 0) is 45.3 Å². The Morgan fingerprint density at radius 2 is 1.86 bits per heavy atom. The minimum atomic E-state index is -0.447. The van der Waals surface area contributed by atoms with Crippen LogP contribution in [0.3, 0.4) is 0 Å². The standard InChI is InChI=1S/C14H18BN3O3/c1-13(2)14(3,4)21-15(20-13)10-6-5-7-11(8-10)18-9-16-17-12(18)19/h5-9H,1-4H3,(H,17,19). The lowest BCUT2D eigenvalue weighted by molar-refractivity contribution is 0.00578. The molecule has 1 aliphatic rings. The van der Waals surface area contributed by atoms with Gasteiger partial charge in [-0.1, -0.05) is 12.1 Å². The first kappa shape index (κ1) is 14.1. The summed E-state index contributed by atoms with van der Waals surface area (Å²) >= 11 is 0. The maximum atomic E-state index is 11.6. The fourth-order valence-corrected chi connectivity index (χ4v) is 2.23. The van der Waals surface area contributed by atoms with Crippen molar-refractivity contribution in [2.75, 3.05) is 0 Å². The number of hydrogen-bond acceptors (Lipinski definition) is 4. The van der Waals surface area contributed by atoms with Crippen LogP contribution in [0.4, 0.5) is 0 Å². The Labute approximate surface area is 123 Å². The second-order valence-electron chi connectivity index (χ2n) is 6.21. The van der Waals surface area contributed by atoms with Gasteiger partial charge in [-0.2, -0.15) is 5.10 Å². The summed E-state index contributed by atoms with van der Waals surface area (Å²) in [6, 6.07) is 7.51. The van der Waals surface area contributed by atoms with Crippen LogP contribution in [0, 0.1) is 0 Å². The van der Waals surface area contributed by atoms with Crippen LogP contribution in [0.5, 0.6) is 0 Å². The zero-order valence-corrected chi connectivity index (χ0v) is 12.6. The number of nitrogens with one attached hydrogen (secondary N) is 1. The quantitative estimate of drug-likeness (QED) is 0.832. The van der Waals surface area contributed by atoms with Gasteiger partial charge in [0.2, 0.25) is 0 Å². The number of H-pyrrole nitrogens is 1. The molecule has 7 heteroatoms. The van der Waals surface area contributed by atoms with Gasteiger partial charge in [-0.25, -0.2) is 14.5 Å². The first-order chi connectivity index (χ1) is 9.80. The fourth-order valence-electron chi connectivity index (χ4n) is 2.23. The third-order valence-electron chi connectivity index (χ3n) is 4.23. The van der Waals surface area contributed by atoms with Crippen molar-refractivity contribution >= 4 is 12.6 Å². The predicted molar refractivity (Wildman–Crippen MR) is 79.9 cm³/mol. The van der Waals surface area contributed by atoms with Crippen molar-refractivity contribution in [2.24, 2.45) is 0 Å². The van der Waals surface area contributed by atoms with Gasteiger partial charge in [-0.3, -0.25) is 0 Å². The molecule has 0 bridgehead atoms. The molecule has 110 valence electrons. The van der Waals surface area contributed by atoms with Crippen molar-refractivity contribution in [3.63, 3.8) is 0 Å². The summed E-state index contributed by atoms with van der Waals surface area (Å²) in [5, 5.41) is 6.11. The molecule has 1 aromatic heterocycles. The van der Waals surface area contributed by atoms with Crippen LogP contribution in [0.2, 0.25) is 0 Å². The zero-order valence-electron chi connectivity index (χ0n) is 12.6. The zero-order chi connectivity index (χ0) is 15.3. The van der Waals surface area contributed by atoms with Crippen molar-refractivity contribution < 1.29 is 9.31 Å². The lowest BCUT2D eigenvalue weighted by Crippen LogP contribution is -2.41. The summed E-state index contributed by atoms with van der Waals surface area (Å²) in [5.41, 5.74) is 0.543. The number of aromatic nitrogens is 3. The third kappa shape index (κ3) is 2.32. The number of aromatic amines is 1. The monoisotopic (exact) mass is 287 g/mol. The van der Waals surface area contributed by atoms with Crippen LogP contribution in [0.1, 0.15) is 27.7 Å². The van der Waals surface area contributed by atoms with Crippen LogP contribution in [0.25, 0.3) is 5.69 Å². The van der Waals surface area contributed by atoms with Gasteiger partial charge < -0.3 is 9.31 Å². The average molecular weight is 287 g/mol. The number of hydrogen-bond donors (Lipinski definition) is 1. The second-order valence-corrected chi connectivity index (χ2v) is 6.21. The van der Waals surface area contributed by atoms with Crippen LogP contribution >= 0.6 is 0 Å². The molecular weight excluding hydrogens is 269 g/mol. The normalized spacial score (nSPS) is 19.9. The molecule has 0 amide bonds. The largest absolute Gasteiger partial charge is 0.494 e. The molecule has 0 aliphatic carbocycles. The lowest BCUT2D eigenvalue weighted by atomic mass is 9.79. The maximum Gasteiger partial charge on any atom is 0.494 e. The summed E-state index contributed by atoms with van der Waals surface area (Å²) in [6.07, 6.45) is 1.45. The summed E-state index contributed by atoms with van der Waals surface area (Å²) in [5.74, 6) is 0. The SMILES string of the molecule is CC1(C)OB(c2cccc(-n3cn[nH]c3=O)c2)OC1(C)C. The summed E-state index contributed by atoms with van der Waals surface area (Å²) in [7, 11) is -0.447. The fraction of sp³-hybridized carbons (Fsp3) is 0.429. The van der Waals surface area contributed by atoms with Crippen molar-refractivity contribution in [3.05, 3.63) is 41.1 Å². The molecule has 0 unspecified atom stereocenters. The van der Waals surface area contributed by atoms with E-state index in [1.165, 1.54) is 10.9 Å². The van der Waals surface area contributed by atoms with E-state index in [1.807, 2.05) is 52.0 Å². The van der Waals surface area contributed by atoms with Crippen LogP contribution in [-0.2, 0) is 9.31 Å². The Kier molecular flexibility index (Phi) is 3.07. The van der Waals surface area contributed by atoms with Crippen LogP contribution in [0.15, 0.2) is 35.4 Å². The van der Waals surface area contributed by atoms with E-state index in [-0.39, 0.29) is 16.9 Å². The molecule has 3 rings (SSSR count). The maximum absolute atomic E-state index is 11.6. The summed E-state index contributed by atoms with van der Waals surface area (Å²) in [6.45, 7) is 8.05. The Hall–Kier alpha value is -1.86.